The Morgan fingerprint density at radius 2 is 0.970 bits per heavy atom. The van der Waals surface area contributed by atoms with Gasteiger partial charge in [-0.25, -0.2) is 0 Å². The van der Waals surface area contributed by atoms with Crippen molar-refractivity contribution in [3.63, 3.8) is 0 Å². The van der Waals surface area contributed by atoms with E-state index in [1.54, 1.807) is 0 Å². The molecule has 356 valence electrons. The highest BCUT2D eigenvalue weighted by atomic mass is 35.6. The molecule has 66 heavy (non-hydrogen) atoms. The van der Waals surface area contributed by atoms with E-state index in [1.165, 1.54) is 57.8 Å². The Balaban J connectivity index is 1.19. The summed E-state index contributed by atoms with van der Waals surface area (Å²) in [5.74, 6) is 6.33. The zero-order chi connectivity index (χ0) is 46.2. The standard InChI is InChI=1S/C55H68Cl3NO7/c1-2-3-4-5-6-7-8-9-10-11-12-25-34-46(66-54(59)55(56,57)58)50-47(65-50)35-36-48-51(61-38-43-28-19-14-20-29-43)53(63-40-45-32-23-16-24-33-45)52(62-39-44-30-21-15-22-31-44)49(64-48)41-60-37-42-26-17-13-18-27-42/h13-24,26-33,46-53,59H,2-12,25,34,37-41H2,1H3/t46-,47-,48-,49-,50-,51+,52+,53-/m1/s1. The van der Waals surface area contributed by atoms with Crippen molar-refractivity contribution in [2.45, 2.75) is 169 Å². The number of alkyl halides is 3. The summed E-state index contributed by atoms with van der Waals surface area (Å²) >= 11 is 18.3. The molecule has 0 amide bonds. The van der Waals surface area contributed by atoms with Crippen LogP contribution >= 0.6 is 34.8 Å². The summed E-state index contributed by atoms with van der Waals surface area (Å²) in [6.45, 7) is 3.83. The van der Waals surface area contributed by atoms with E-state index < -0.39 is 58.5 Å². The van der Waals surface area contributed by atoms with Crippen molar-refractivity contribution in [2.24, 2.45) is 0 Å². The Morgan fingerprint density at radius 3 is 1.45 bits per heavy atom. The first-order chi connectivity index (χ1) is 32.3. The number of nitrogens with one attached hydrogen (secondary N) is 1. The lowest BCUT2D eigenvalue weighted by Crippen LogP contribution is -2.60. The summed E-state index contributed by atoms with van der Waals surface area (Å²) in [7, 11) is 0. The number of hydrogen-bond donors (Lipinski definition) is 1. The number of halogens is 3. The van der Waals surface area contributed by atoms with Crippen molar-refractivity contribution >= 4 is 40.7 Å². The Kier molecular flexibility index (Phi) is 22.6. The Labute approximate surface area is 408 Å². The van der Waals surface area contributed by atoms with Crippen LogP contribution in [-0.2, 0) is 59.6 Å². The molecule has 0 aliphatic carbocycles. The highest BCUT2D eigenvalue weighted by Crippen LogP contribution is 2.36. The smallest absolute Gasteiger partial charge is 0.265 e. The second-order valence-corrected chi connectivity index (χ2v) is 19.6. The summed E-state index contributed by atoms with van der Waals surface area (Å²) in [5, 5.41) is 8.41. The topological polar surface area (TPSA) is 91.8 Å². The molecule has 6 rings (SSSR count). The molecule has 4 aromatic rings. The van der Waals surface area contributed by atoms with Gasteiger partial charge in [0, 0.05) is 0 Å². The summed E-state index contributed by atoms with van der Waals surface area (Å²) in [6, 6.07) is 40.2. The lowest BCUT2D eigenvalue weighted by atomic mass is 9.94. The molecule has 0 spiro atoms. The SMILES string of the molecule is CCCCCCCCCCCCCC[C@@H](OC(=N)C(Cl)(Cl)Cl)[C@H]1O[C@@H]1C#C[C@H]1O[C@H](COCc2ccccc2)[C@H](OCc2ccccc2)[C@H](OCc2ccccc2)[C@H]1OCc1ccccc1. The Bertz CT molecular complexity index is 2000. The van der Waals surface area contributed by atoms with E-state index in [0.29, 0.717) is 32.8 Å². The molecular weight excluding hydrogens is 893 g/mol. The van der Waals surface area contributed by atoms with Gasteiger partial charge in [-0.1, -0.05) is 246 Å². The fraction of sp³-hybridized carbons (Fsp3) is 0.509. The average molecular weight is 962 g/mol. The third-order valence-electron chi connectivity index (χ3n) is 12.0. The quantitative estimate of drug-likeness (QED) is 0.0151. The molecule has 2 saturated heterocycles. The van der Waals surface area contributed by atoms with Crippen molar-refractivity contribution in [3.05, 3.63) is 144 Å². The van der Waals surface area contributed by atoms with Gasteiger partial charge in [-0.2, -0.15) is 0 Å². The zero-order valence-corrected chi connectivity index (χ0v) is 40.7. The molecule has 2 aliphatic rings. The zero-order valence-electron chi connectivity index (χ0n) is 38.4. The van der Waals surface area contributed by atoms with Crippen LogP contribution in [0, 0.1) is 17.3 Å². The number of ether oxygens (including phenoxy) is 7. The van der Waals surface area contributed by atoms with Crippen LogP contribution in [0.5, 0.6) is 0 Å². The Hall–Kier alpha value is -3.46. The molecule has 0 aromatic heterocycles. The number of unbranched alkanes of at least 4 members (excludes halogenated alkanes) is 11. The predicted octanol–water partition coefficient (Wildman–Crippen LogP) is 13.3. The molecule has 2 fully saturated rings. The fourth-order valence-electron chi connectivity index (χ4n) is 8.29. The lowest BCUT2D eigenvalue weighted by Gasteiger charge is -2.45. The largest absolute Gasteiger partial charge is 0.472 e. The molecule has 8 nitrogen and oxygen atoms in total. The van der Waals surface area contributed by atoms with E-state index in [0.717, 1.165) is 41.5 Å². The van der Waals surface area contributed by atoms with E-state index in [9.17, 15) is 0 Å². The van der Waals surface area contributed by atoms with E-state index in [1.807, 2.05) is 121 Å². The normalized spacial score (nSPS) is 22.0. The van der Waals surface area contributed by atoms with E-state index in [4.69, 9.17) is 73.4 Å². The van der Waals surface area contributed by atoms with Crippen molar-refractivity contribution in [1.29, 1.82) is 5.41 Å². The average Bonchev–Trinajstić information content (AvgIpc) is 4.12. The van der Waals surface area contributed by atoms with Gasteiger partial charge in [0.05, 0.1) is 33.0 Å². The van der Waals surface area contributed by atoms with E-state index >= 15 is 0 Å². The van der Waals surface area contributed by atoms with Gasteiger partial charge in [0.1, 0.15) is 48.8 Å². The monoisotopic (exact) mass is 959 g/mol. The molecule has 2 heterocycles. The summed E-state index contributed by atoms with van der Waals surface area (Å²) in [4.78, 5) is 0. The van der Waals surface area contributed by atoms with Crippen molar-refractivity contribution in [3.8, 4) is 11.8 Å². The van der Waals surface area contributed by atoms with Gasteiger partial charge in [-0.3, -0.25) is 5.41 Å². The van der Waals surface area contributed by atoms with Crippen LogP contribution in [0.15, 0.2) is 121 Å². The molecule has 11 heteroatoms. The van der Waals surface area contributed by atoms with Gasteiger partial charge in [0.15, 0.2) is 0 Å². The minimum Gasteiger partial charge on any atom is -0.472 e. The minimum atomic E-state index is -1.99. The van der Waals surface area contributed by atoms with Crippen molar-refractivity contribution in [2.75, 3.05) is 6.61 Å². The molecular formula is C55H68Cl3NO7. The first kappa shape index (κ1) is 51.9. The fourth-order valence-corrected chi connectivity index (χ4v) is 8.42. The van der Waals surface area contributed by atoms with Crippen molar-refractivity contribution < 1.29 is 33.2 Å². The lowest BCUT2D eigenvalue weighted by molar-refractivity contribution is -0.261. The van der Waals surface area contributed by atoms with Crippen LogP contribution in [0.2, 0.25) is 0 Å². The van der Waals surface area contributed by atoms with Gasteiger partial charge in [0.25, 0.3) is 3.79 Å². The highest BCUT2D eigenvalue weighted by molar-refractivity contribution is 6.76. The third-order valence-corrected chi connectivity index (χ3v) is 12.5. The third kappa shape index (κ3) is 18.2. The summed E-state index contributed by atoms with van der Waals surface area (Å²) < 4.78 is 44.1. The maximum Gasteiger partial charge on any atom is 0.265 e. The molecule has 4 aromatic carbocycles. The first-order valence-electron chi connectivity index (χ1n) is 24.0. The van der Waals surface area contributed by atoms with Crippen LogP contribution in [0.3, 0.4) is 0 Å². The molecule has 0 unspecified atom stereocenters. The maximum absolute atomic E-state index is 8.41. The minimum absolute atomic E-state index is 0.222. The Morgan fingerprint density at radius 1 is 0.545 bits per heavy atom. The van der Waals surface area contributed by atoms with Crippen LogP contribution in [-0.4, -0.2) is 65.1 Å². The van der Waals surface area contributed by atoms with E-state index in [2.05, 4.69) is 18.8 Å². The second-order valence-electron chi connectivity index (χ2n) is 17.4. The van der Waals surface area contributed by atoms with Crippen LogP contribution in [0.25, 0.3) is 0 Å². The van der Waals surface area contributed by atoms with Crippen LogP contribution in [0.1, 0.15) is 113 Å². The summed E-state index contributed by atoms with van der Waals surface area (Å²) in [6.07, 6.45) is 10.9. The summed E-state index contributed by atoms with van der Waals surface area (Å²) in [5.41, 5.74) is 4.08. The molecule has 1 N–H and O–H groups in total. The van der Waals surface area contributed by atoms with Crippen LogP contribution < -0.4 is 0 Å². The van der Waals surface area contributed by atoms with Crippen LogP contribution in [0.4, 0.5) is 0 Å². The van der Waals surface area contributed by atoms with Gasteiger partial charge in [-0.05, 0) is 35.1 Å². The number of benzene rings is 4. The van der Waals surface area contributed by atoms with E-state index in [-0.39, 0.29) is 6.61 Å². The number of hydrogen-bond acceptors (Lipinski definition) is 8. The maximum atomic E-state index is 8.41. The first-order valence-corrected chi connectivity index (χ1v) is 25.1. The van der Waals surface area contributed by atoms with Gasteiger partial charge < -0.3 is 33.2 Å². The molecule has 0 saturated carbocycles. The second kappa shape index (κ2) is 28.8. The number of rotatable bonds is 28. The number of epoxide rings is 1. The highest BCUT2D eigenvalue weighted by Gasteiger charge is 2.50. The van der Waals surface area contributed by atoms with Crippen molar-refractivity contribution in [1.82, 2.24) is 0 Å². The molecule has 2 aliphatic heterocycles. The molecule has 8 atom stereocenters. The predicted molar refractivity (Wildman–Crippen MR) is 265 cm³/mol. The van der Waals surface area contributed by atoms with Gasteiger partial charge in [0.2, 0.25) is 5.90 Å². The molecule has 0 bridgehead atoms. The van der Waals surface area contributed by atoms with Gasteiger partial charge in [-0.15, -0.1) is 0 Å². The molecule has 0 radical (unpaired) electrons. The van der Waals surface area contributed by atoms with Gasteiger partial charge >= 0.3 is 0 Å².